The standard InChI is InChI=1S/4C24H38N2O4/c4*1-14(2)9-17-13-26-8-7-16-10-21(28-5)22(29-6)11-18(16)19(26)12-20(17)30-24(27)23(25)15(3)4/h4*10-11,14-15,17,19-20,23H,7-9,12-13,25H2,1-6H3/t4*17?,19?,20?,23-/m0000/s1/i1D3,5D3,9D2,12D2,13D2,14D,17D,20D;1D3,5D3,9D2,12D2,13D2,14D,17D,19D;1D3,9D2,12D2,13D2,14D,17D,20D;1D3,9D2,12D2,13D2,14D,17D,19D/t4*14?,17?,19?,20?,23-. The van der Waals surface area contributed by atoms with Crippen LogP contribution in [-0.4, -0.2) is 201 Å². The van der Waals surface area contributed by atoms with Gasteiger partial charge in [0, 0.05) is 186 Å². The third kappa shape index (κ3) is 23.8. The highest BCUT2D eigenvalue weighted by Crippen LogP contribution is 2.50. The van der Waals surface area contributed by atoms with Gasteiger partial charge in [-0.3, -0.25) is 38.8 Å². The maximum atomic E-state index is 13.3. The normalized spacial score (nSPS) is 42.9. The van der Waals surface area contributed by atoms with E-state index in [1.54, 1.807) is 19.9 Å². The molecule has 4 aromatic rings. The SMILES string of the molecule is [2H]C([2H])([2H])C([2H])(C)C([2H])([2H])C1([2H])C(OC(=O)[C@@H](N)C(C)C)C([2H])([2H])C2([2H])c3cc(OC)c(OC)cc3CCN2C1([2H])[2H].[2H]C([2H])([2H])C([2H])(C)C([2H])([2H])C1([2H])C([2H])([2H])N2CCc3cc(OC)c(OC)cc3C2C([2H])([2H])C1([2H])OC(=O)[C@@H](N)C(C)C.[2H]C([2H])([2H])Oc1cc2c(cc1OC)C1([2H])N(CC2)C([2H])([2H])C([2H])(C([2H])([2H])C([2H])(C)C([2H])([2H])[2H])C(OC(=O)[C@@H](N)C(C)C)C1([2H])[2H].[2H]C([2H])([2H])Oc1cc2c(cc1OC)C1N(CC2)C([2H])([2H])C([2H])(C([2H])([2H])C([2H])(C)C([2H])([2H])[2H])C([2H])(OC(=O)[C@@H](N)C(C)C)C1([2H])[2H]. The van der Waals surface area contributed by atoms with Crippen LogP contribution in [0.15, 0.2) is 48.5 Å². The Hall–Kier alpha value is -7.16. The summed E-state index contributed by atoms with van der Waals surface area (Å²) in [5.74, 6) is -36.5. The van der Waals surface area contributed by atoms with Gasteiger partial charge in [0.15, 0.2) is 46.0 Å². The van der Waals surface area contributed by atoms with E-state index in [9.17, 15) is 46.6 Å². The van der Waals surface area contributed by atoms with Crippen LogP contribution in [0, 0.1) is 70.8 Å². The second-order valence-electron chi connectivity index (χ2n) is 30.3. The van der Waals surface area contributed by atoms with E-state index in [2.05, 4.69) is 0 Å². The van der Waals surface area contributed by atoms with Crippen LogP contribution in [0.1, 0.15) is 304 Å². The number of piperidine rings is 4. The summed E-state index contributed by atoms with van der Waals surface area (Å²) in [7, 11) is 1.89. The Bertz CT molecular complexity index is 6610. The van der Waals surface area contributed by atoms with Crippen molar-refractivity contribution in [2.75, 3.05) is 109 Å². The number of fused-ring (bicyclic) bond motifs is 12. The Morgan fingerprint density at radius 2 is 0.625 bits per heavy atom. The highest BCUT2D eigenvalue weighted by Gasteiger charge is 2.47. The monoisotopic (exact) mass is 1730 g/mol. The van der Waals surface area contributed by atoms with Crippen LogP contribution in [0.5, 0.6) is 46.0 Å². The third-order valence-electron chi connectivity index (χ3n) is 20.2. The molecule has 120 heavy (non-hydrogen) atoms. The minimum Gasteiger partial charge on any atom is -0.493 e. The van der Waals surface area contributed by atoms with Crippen LogP contribution < -0.4 is 60.8 Å². The van der Waals surface area contributed by atoms with Gasteiger partial charge in [-0.25, -0.2) is 0 Å². The largest absolute Gasteiger partial charge is 0.493 e. The van der Waals surface area contributed by atoms with Gasteiger partial charge in [-0.15, -0.1) is 0 Å². The topological polar surface area (TPSA) is 296 Å². The number of carbonyl (C=O) groups excluding carboxylic acids is 4. The molecule has 4 saturated heterocycles. The number of nitrogens with zero attached hydrogens (tertiary/aromatic N) is 4. The summed E-state index contributed by atoms with van der Waals surface area (Å²) < 4.78 is 531. The van der Waals surface area contributed by atoms with E-state index >= 15 is 0 Å². The molecule has 0 radical (unpaired) electrons. The van der Waals surface area contributed by atoms with Gasteiger partial charge in [0.25, 0.3) is 0 Å². The van der Waals surface area contributed by atoms with Crippen LogP contribution in [0.25, 0.3) is 0 Å². The zero-order valence-corrected chi connectivity index (χ0v) is 70.8. The summed E-state index contributed by atoms with van der Waals surface area (Å²) in [5, 5.41) is 0. The first-order valence-electron chi connectivity index (χ1n) is 65.9. The molecule has 8 aliphatic rings. The van der Waals surface area contributed by atoms with E-state index in [-0.39, 0.29) is 106 Å². The fourth-order valence-corrected chi connectivity index (χ4v) is 13.4. The molecule has 8 heterocycles. The summed E-state index contributed by atoms with van der Waals surface area (Å²) in [6, 6.07) is -4.89. The maximum Gasteiger partial charge on any atom is 0.323 e. The van der Waals surface area contributed by atoms with Crippen molar-refractivity contribution in [3.8, 4) is 46.0 Å². The van der Waals surface area contributed by atoms with Gasteiger partial charge in [-0.2, -0.15) is 0 Å². The molecule has 8 aliphatic heterocycles. The lowest BCUT2D eigenvalue weighted by molar-refractivity contribution is -0.161. The average Bonchev–Trinajstić information content (AvgIpc) is 0.616. The molecule has 4 fully saturated rings. The van der Waals surface area contributed by atoms with Crippen molar-refractivity contribution in [2.45, 2.75) is 260 Å². The minimum atomic E-state index is -3.95. The molecule has 0 bridgehead atoms. The molecule has 0 aliphatic carbocycles. The molecule has 8 N–H and O–H groups in total. The maximum absolute atomic E-state index is 13.3. The summed E-state index contributed by atoms with van der Waals surface area (Å²) in [6.45, 7) is -14.8. The van der Waals surface area contributed by atoms with Crippen molar-refractivity contribution in [3.63, 3.8) is 0 Å². The molecule has 0 spiro atoms. The Morgan fingerprint density at radius 3 is 0.908 bits per heavy atom. The second-order valence-corrected chi connectivity index (χ2v) is 30.3. The van der Waals surface area contributed by atoms with Crippen molar-refractivity contribution in [2.24, 2.45) is 93.8 Å². The van der Waals surface area contributed by atoms with Gasteiger partial charge in [-0.05, 0) is 191 Å². The van der Waals surface area contributed by atoms with Crippen LogP contribution in [0.3, 0.4) is 0 Å². The van der Waals surface area contributed by atoms with E-state index < -0.39 is 305 Å². The lowest BCUT2D eigenvalue weighted by Crippen LogP contribution is -2.51. The molecule has 672 valence electrons. The van der Waals surface area contributed by atoms with Gasteiger partial charge < -0.3 is 79.8 Å². The summed E-state index contributed by atoms with van der Waals surface area (Å²) >= 11 is 0. The summed E-state index contributed by atoms with van der Waals surface area (Å²) in [5.41, 5.74) is 24.6. The number of carbonyl (C=O) groups is 4. The molecule has 0 aromatic heterocycles. The minimum absolute atomic E-state index is 0.00504. The molecule has 24 heteroatoms. The zero-order chi connectivity index (χ0) is 136. The lowest BCUT2D eigenvalue weighted by Gasteiger charge is -2.47. The first-order chi connectivity index (χ1) is 77.6. The second kappa shape index (κ2) is 43.9. The number of ether oxygens (including phenoxy) is 12. The van der Waals surface area contributed by atoms with Gasteiger partial charge in [0.1, 0.15) is 48.5 Å². The molecule has 20 atom stereocenters. The number of rotatable bonds is 28. The number of benzene rings is 4. The summed E-state index contributed by atoms with van der Waals surface area (Å²) in [6.07, 6.45) is -42.2. The lowest BCUT2D eigenvalue weighted by atomic mass is 9.79. The van der Waals surface area contributed by atoms with Crippen molar-refractivity contribution in [1.29, 1.82) is 0 Å². The van der Waals surface area contributed by atoms with Crippen LogP contribution >= 0.6 is 0 Å². The Labute approximate surface area is 794 Å². The highest BCUT2D eigenvalue weighted by atomic mass is 16.6. The van der Waals surface area contributed by atoms with E-state index in [0.717, 1.165) is 29.0 Å². The van der Waals surface area contributed by atoms with Gasteiger partial charge in [0.05, 0.1) is 70.4 Å². The molecular formula is C96H152N8O16. The molecule has 24 nitrogen and oxygen atoms in total. The van der Waals surface area contributed by atoms with Crippen LogP contribution in [-0.2, 0) is 63.8 Å². The number of methoxy groups -OCH3 is 8. The fraction of sp³-hybridized carbons (Fsp3) is 0.708. The van der Waals surface area contributed by atoms with Crippen LogP contribution in [0.2, 0.25) is 0 Å². The molecule has 4 aromatic carbocycles. The van der Waals surface area contributed by atoms with Gasteiger partial charge >= 0.3 is 23.9 Å². The van der Waals surface area contributed by atoms with Gasteiger partial charge in [-0.1, -0.05) is 110 Å². The number of hydrogen-bond acceptors (Lipinski definition) is 24. The van der Waals surface area contributed by atoms with Crippen LogP contribution in [0.4, 0.5) is 0 Å². The first-order valence-corrected chi connectivity index (χ1v) is 38.9. The predicted molar refractivity (Wildman–Crippen MR) is 471 cm³/mol. The Kier molecular flexibility index (Phi) is 16.9. The van der Waals surface area contributed by atoms with E-state index in [4.69, 9.17) is 126 Å². The molecular weight excluding hydrogens is 1520 g/mol. The molecule has 0 amide bonds. The highest BCUT2D eigenvalue weighted by molar-refractivity contribution is 5.77. The van der Waals surface area contributed by atoms with E-state index in [1.165, 1.54) is 107 Å². The smallest absolute Gasteiger partial charge is 0.323 e. The number of hydrogen-bond donors (Lipinski definition) is 4. The molecule has 16 unspecified atom stereocenters. The third-order valence-corrected chi connectivity index (χ3v) is 20.2. The Balaban J connectivity index is 0.000000254. The predicted octanol–water partition coefficient (Wildman–Crippen LogP) is 14.3. The zero-order valence-electron chi connectivity index (χ0n) is 125. The van der Waals surface area contributed by atoms with Gasteiger partial charge in [0.2, 0.25) is 0 Å². The quantitative estimate of drug-likeness (QED) is 0.0303. The number of esters is 4. The van der Waals surface area contributed by atoms with Crippen molar-refractivity contribution in [1.82, 2.24) is 19.6 Å². The van der Waals surface area contributed by atoms with E-state index in [1.807, 2.05) is 0 Å². The first kappa shape index (κ1) is 46.2. The molecule has 12 rings (SSSR count). The Morgan fingerprint density at radius 1 is 0.375 bits per heavy atom. The van der Waals surface area contributed by atoms with Crippen molar-refractivity contribution >= 4 is 23.9 Å². The number of nitrogens with two attached hydrogens (primary N) is 4. The molecule has 0 saturated carbocycles. The summed E-state index contributed by atoms with van der Waals surface area (Å²) in [4.78, 5) is 55.7. The average molecular weight is 1730 g/mol. The van der Waals surface area contributed by atoms with Crippen molar-refractivity contribution < 1.29 is 150 Å². The van der Waals surface area contributed by atoms with Crippen molar-refractivity contribution in [3.05, 3.63) is 93.0 Å². The fourth-order valence-electron chi connectivity index (χ4n) is 13.4. The van der Waals surface area contributed by atoms with E-state index in [0.29, 0.717) is 54.4 Å².